The predicted octanol–water partition coefficient (Wildman–Crippen LogP) is 2.92. The highest BCUT2D eigenvalue weighted by atomic mass is 32.2. The molecule has 5 N–H and O–H groups in total. The molecule has 0 saturated carbocycles. The molecule has 4 rings (SSSR count). The zero-order valence-corrected chi connectivity index (χ0v) is 23.7. The van der Waals surface area contributed by atoms with Gasteiger partial charge in [-0.25, -0.2) is 4.79 Å². The van der Waals surface area contributed by atoms with Crippen molar-refractivity contribution in [3.05, 3.63) is 70.8 Å². The maximum Gasteiger partial charge on any atom is 0.416 e. The Morgan fingerprint density at radius 1 is 1.05 bits per heavy atom. The Kier molecular flexibility index (Phi) is 8.65. The van der Waals surface area contributed by atoms with Crippen LogP contribution in [0.15, 0.2) is 53.5 Å². The first-order valence-electron chi connectivity index (χ1n) is 12.8. The van der Waals surface area contributed by atoms with Crippen LogP contribution in [-0.4, -0.2) is 68.3 Å². The largest absolute Gasteiger partial charge is 0.480 e. The lowest BCUT2D eigenvalue weighted by Gasteiger charge is -2.44. The van der Waals surface area contributed by atoms with Crippen molar-refractivity contribution in [2.45, 2.75) is 54.4 Å². The summed E-state index contributed by atoms with van der Waals surface area (Å²) in [5, 5.41) is 13.8. The molecule has 2 aromatic rings. The van der Waals surface area contributed by atoms with Gasteiger partial charge in [0.25, 0.3) is 0 Å². The lowest BCUT2D eigenvalue weighted by molar-refractivity contribution is -0.161. The second-order valence-corrected chi connectivity index (χ2v) is 12.3. The van der Waals surface area contributed by atoms with E-state index in [2.05, 4.69) is 15.6 Å². The lowest BCUT2D eigenvalue weighted by atomic mass is 9.95. The Morgan fingerprint density at radius 3 is 2.14 bits per heavy atom. The molecule has 10 nitrogen and oxygen atoms in total. The molecule has 0 aliphatic carbocycles. The number of carboxylic acids is 1. The summed E-state index contributed by atoms with van der Waals surface area (Å²) in [6.45, 7) is 2.44. The first kappa shape index (κ1) is 32.6. The highest BCUT2D eigenvalue weighted by molar-refractivity contribution is 8.01. The third kappa shape index (κ3) is 6.61. The Balaban J connectivity index is 1.51. The van der Waals surface area contributed by atoms with Crippen LogP contribution in [0.5, 0.6) is 0 Å². The number of carbonyl (C=O) groups excluding carboxylic acids is 3. The molecule has 0 radical (unpaired) electrons. The van der Waals surface area contributed by atoms with E-state index in [4.69, 9.17) is 5.73 Å². The van der Waals surface area contributed by atoms with E-state index < -0.39 is 93.4 Å². The van der Waals surface area contributed by atoms with E-state index in [-0.39, 0.29) is 11.6 Å². The van der Waals surface area contributed by atoms with Crippen molar-refractivity contribution >= 4 is 41.3 Å². The molecule has 2 heterocycles. The summed E-state index contributed by atoms with van der Waals surface area (Å²) < 4.78 is 78.4. The number of amidine groups is 1. The van der Waals surface area contributed by atoms with Crippen LogP contribution in [0.1, 0.15) is 42.1 Å². The number of nitrogens with zero attached hydrogens (tertiary/aromatic N) is 2. The number of aliphatic carboxylic acids is 1. The molecule has 2 aliphatic rings. The Morgan fingerprint density at radius 2 is 1.61 bits per heavy atom. The smallest absolute Gasteiger partial charge is 0.416 e. The van der Waals surface area contributed by atoms with Crippen LogP contribution < -0.4 is 16.4 Å². The Hall–Kier alpha value is -4.28. The van der Waals surface area contributed by atoms with Crippen LogP contribution >= 0.6 is 11.8 Å². The molecule has 44 heavy (non-hydrogen) atoms. The fourth-order valence-corrected chi connectivity index (χ4v) is 6.51. The molecule has 2 aromatic carbocycles. The van der Waals surface area contributed by atoms with E-state index in [1.807, 2.05) is 0 Å². The Labute approximate surface area is 250 Å². The standard InChI is InChI=1S/C27H25F6N5O5S/c1-25(2)19(24(42)43)38-22(41)18(23(38)44-25)37-21(40)17(12-6-4-3-5-7-12)36-16(39)11-35-20(34)13-8-14(26(28,29)30)10-15(9-13)27(31,32)33/h3-10,17-19,23H,11H2,1-2H3,(H2,34,35)(H,36,39)(H,37,40)(H,42,43)/t17?,18?,19-,23+/m0/s1. The average molecular weight is 646 g/mol. The Bertz CT molecular complexity index is 1480. The first-order valence-corrected chi connectivity index (χ1v) is 13.7. The van der Waals surface area contributed by atoms with Crippen molar-refractivity contribution in [3.8, 4) is 0 Å². The number of hydrogen-bond donors (Lipinski definition) is 4. The van der Waals surface area contributed by atoms with Gasteiger partial charge in [-0.2, -0.15) is 26.3 Å². The molecule has 2 fully saturated rings. The van der Waals surface area contributed by atoms with Crippen LogP contribution in [0.25, 0.3) is 0 Å². The highest BCUT2D eigenvalue weighted by Crippen LogP contribution is 2.50. The van der Waals surface area contributed by atoms with Crippen molar-refractivity contribution in [1.82, 2.24) is 15.5 Å². The van der Waals surface area contributed by atoms with Crippen molar-refractivity contribution in [3.63, 3.8) is 0 Å². The molecule has 17 heteroatoms. The molecule has 0 aromatic heterocycles. The number of halogens is 6. The van der Waals surface area contributed by atoms with Crippen LogP contribution in [0.2, 0.25) is 0 Å². The molecule has 4 atom stereocenters. The van der Waals surface area contributed by atoms with E-state index in [1.54, 1.807) is 32.0 Å². The molecule has 2 aliphatic heterocycles. The van der Waals surface area contributed by atoms with Gasteiger partial charge in [0.15, 0.2) is 0 Å². The van der Waals surface area contributed by atoms with Gasteiger partial charge in [-0.05, 0) is 37.6 Å². The van der Waals surface area contributed by atoms with Gasteiger partial charge in [-0.1, -0.05) is 30.3 Å². The third-order valence-corrected chi connectivity index (χ3v) is 8.52. The number of β-lactam (4-membered cyclic amide) rings is 1. The summed E-state index contributed by atoms with van der Waals surface area (Å²) in [5.41, 5.74) is 1.97. The van der Waals surface area contributed by atoms with Gasteiger partial charge < -0.3 is 26.4 Å². The summed E-state index contributed by atoms with van der Waals surface area (Å²) >= 11 is 1.19. The van der Waals surface area contributed by atoms with Crippen molar-refractivity contribution in [2.24, 2.45) is 10.7 Å². The number of amides is 3. The number of thioether (sulfide) groups is 1. The molecule has 0 spiro atoms. The number of carbonyl (C=O) groups is 4. The van der Waals surface area contributed by atoms with Crippen molar-refractivity contribution in [2.75, 3.05) is 6.54 Å². The maximum atomic E-state index is 13.3. The quantitative estimate of drug-likeness (QED) is 0.149. The van der Waals surface area contributed by atoms with Gasteiger partial charge in [-0.15, -0.1) is 11.8 Å². The monoisotopic (exact) mass is 645 g/mol. The molecule has 236 valence electrons. The fourth-order valence-electron chi connectivity index (χ4n) is 4.89. The van der Waals surface area contributed by atoms with Gasteiger partial charge >= 0.3 is 18.3 Å². The number of alkyl halides is 6. The second-order valence-electron chi connectivity index (χ2n) is 10.5. The summed E-state index contributed by atoms with van der Waals surface area (Å²) in [5.74, 6) is -4.40. The molecular formula is C27H25F6N5O5S. The zero-order valence-electron chi connectivity index (χ0n) is 22.9. The predicted molar refractivity (Wildman–Crippen MR) is 145 cm³/mol. The van der Waals surface area contributed by atoms with Gasteiger partial charge in [0.2, 0.25) is 17.7 Å². The number of nitrogens with one attached hydrogen (secondary N) is 2. The minimum atomic E-state index is -5.12. The number of aliphatic imine (C=N–C) groups is 1. The van der Waals surface area contributed by atoms with Crippen molar-refractivity contribution < 1.29 is 50.6 Å². The first-order chi connectivity index (χ1) is 20.3. The molecule has 3 amide bonds. The van der Waals surface area contributed by atoms with E-state index in [0.29, 0.717) is 12.1 Å². The van der Waals surface area contributed by atoms with Gasteiger partial charge in [0.05, 0.1) is 11.1 Å². The fraction of sp³-hybridized carbons (Fsp3) is 0.370. The molecular weight excluding hydrogens is 620 g/mol. The number of nitrogens with two attached hydrogens (primary N) is 1. The molecule has 2 unspecified atom stereocenters. The van der Waals surface area contributed by atoms with E-state index in [9.17, 15) is 50.6 Å². The van der Waals surface area contributed by atoms with Crippen LogP contribution in [0, 0.1) is 0 Å². The average Bonchev–Trinajstić information content (AvgIpc) is 3.20. The van der Waals surface area contributed by atoms with E-state index in [1.165, 1.54) is 28.8 Å². The third-order valence-electron chi connectivity index (χ3n) is 6.95. The number of hydrogen-bond acceptors (Lipinski definition) is 6. The maximum absolute atomic E-state index is 13.3. The topological polar surface area (TPSA) is 154 Å². The minimum absolute atomic E-state index is 0.0779. The van der Waals surface area contributed by atoms with Gasteiger partial charge in [0, 0.05) is 10.3 Å². The lowest BCUT2D eigenvalue weighted by Crippen LogP contribution is -2.71. The SMILES string of the molecule is CC1(C)S[C@@H]2C(NC(=O)C(NC(=O)CN=C(N)c3cc(C(F)(F)F)cc(C(F)(F)F)c3)c3ccccc3)C(=O)N2[C@H]1C(=O)O. The van der Waals surface area contributed by atoms with Crippen LogP contribution in [0.3, 0.4) is 0 Å². The van der Waals surface area contributed by atoms with Gasteiger partial charge in [-0.3, -0.25) is 19.4 Å². The van der Waals surface area contributed by atoms with Crippen LogP contribution in [0.4, 0.5) is 26.3 Å². The number of carboxylic acid groups (broad SMARTS) is 1. The molecule has 0 bridgehead atoms. The summed E-state index contributed by atoms with van der Waals surface area (Å²) in [4.78, 5) is 55.5. The van der Waals surface area contributed by atoms with Gasteiger partial charge in [0.1, 0.15) is 35.9 Å². The van der Waals surface area contributed by atoms with Crippen LogP contribution in [-0.2, 0) is 31.5 Å². The molecule has 2 saturated heterocycles. The van der Waals surface area contributed by atoms with E-state index in [0.717, 1.165) is 0 Å². The second kappa shape index (κ2) is 11.7. The summed E-state index contributed by atoms with van der Waals surface area (Å²) in [6.07, 6.45) is -10.2. The number of benzene rings is 2. The highest BCUT2D eigenvalue weighted by Gasteiger charge is 2.64. The summed E-state index contributed by atoms with van der Waals surface area (Å²) in [6, 6.07) is 4.79. The number of rotatable bonds is 8. The van der Waals surface area contributed by atoms with E-state index >= 15 is 0 Å². The minimum Gasteiger partial charge on any atom is -0.480 e. The normalized spacial score (nSPS) is 22.1. The summed E-state index contributed by atoms with van der Waals surface area (Å²) in [7, 11) is 0. The van der Waals surface area contributed by atoms with Crippen molar-refractivity contribution in [1.29, 1.82) is 0 Å². The number of fused-ring (bicyclic) bond motifs is 1. The zero-order chi connectivity index (χ0) is 32.8.